The number of halogens is 2. The maximum Gasteiger partial charge on any atom is 0.327 e. The van der Waals surface area contributed by atoms with Crippen molar-refractivity contribution in [3.8, 4) is 11.5 Å². The number of urea groups is 1. The Morgan fingerprint density at radius 3 is 2.44 bits per heavy atom. The minimum Gasteiger partial charge on any atom is -0.439 e. The molecule has 1 aromatic carbocycles. The Morgan fingerprint density at radius 1 is 1.07 bits per heavy atom. The molecule has 1 fully saturated rings. The van der Waals surface area contributed by atoms with Gasteiger partial charge < -0.3 is 14.2 Å². The zero-order valence-electron chi connectivity index (χ0n) is 14.6. The van der Waals surface area contributed by atoms with E-state index in [0.717, 1.165) is 4.90 Å². The molecule has 0 aliphatic carbocycles. The molecule has 4 rings (SSSR count). The second kappa shape index (κ2) is 5.97. The van der Waals surface area contributed by atoms with Crippen LogP contribution in [-0.2, 0) is 4.79 Å². The largest absolute Gasteiger partial charge is 0.439 e. The van der Waals surface area contributed by atoms with Crippen LogP contribution < -0.4 is 0 Å². The quantitative estimate of drug-likeness (QED) is 0.723. The molecule has 2 atom stereocenters. The van der Waals surface area contributed by atoms with E-state index in [1.165, 1.54) is 37.0 Å². The van der Waals surface area contributed by atoms with Crippen LogP contribution in [-0.4, -0.2) is 64.8 Å². The lowest BCUT2D eigenvalue weighted by atomic mass is 9.91. The summed E-state index contributed by atoms with van der Waals surface area (Å²) in [5.74, 6) is -1.54. The molecule has 0 bridgehead atoms. The van der Waals surface area contributed by atoms with Crippen LogP contribution in [0.25, 0.3) is 11.5 Å². The fourth-order valence-electron chi connectivity index (χ4n) is 3.50. The molecule has 4 amide bonds. The lowest BCUT2D eigenvalue weighted by molar-refractivity contribution is -0.136. The van der Waals surface area contributed by atoms with Crippen LogP contribution >= 0.6 is 23.2 Å². The van der Waals surface area contributed by atoms with Crippen molar-refractivity contribution in [2.75, 3.05) is 21.1 Å². The van der Waals surface area contributed by atoms with Gasteiger partial charge in [0, 0.05) is 26.2 Å². The van der Waals surface area contributed by atoms with Crippen molar-refractivity contribution in [2.45, 2.75) is 12.1 Å². The van der Waals surface area contributed by atoms with E-state index < -0.39 is 29.9 Å². The van der Waals surface area contributed by atoms with Crippen molar-refractivity contribution in [2.24, 2.45) is 0 Å². The molecule has 10 heteroatoms. The maximum absolute atomic E-state index is 12.8. The van der Waals surface area contributed by atoms with E-state index in [-0.39, 0.29) is 17.3 Å². The molecule has 0 spiro atoms. The van der Waals surface area contributed by atoms with E-state index in [1.54, 1.807) is 12.1 Å². The smallest absolute Gasteiger partial charge is 0.327 e. The highest BCUT2D eigenvalue weighted by Crippen LogP contribution is 2.41. The first-order valence-corrected chi connectivity index (χ1v) is 8.75. The first-order chi connectivity index (χ1) is 12.7. The molecule has 2 unspecified atom stereocenters. The Morgan fingerprint density at radius 2 is 1.78 bits per heavy atom. The normalized spacial score (nSPS) is 22.3. The number of rotatable bonds is 1. The fraction of sp³-hybridized carbons (Fsp3) is 0.294. The zero-order valence-corrected chi connectivity index (χ0v) is 16.1. The third-order valence-electron chi connectivity index (χ3n) is 4.90. The Kier molecular flexibility index (Phi) is 3.94. The van der Waals surface area contributed by atoms with Gasteiger partial charge in [-0.3, -0.25) is 14.5 Å². The lowest BCUT2D eigenvalue weighted by Gasteiger charge is -2.46. The summed E-state index contributed by atoms with van der Waals surface area (Å²) in [5, 5.41) is 0.748. The van der Waals surface area contributed by atoms with Gasteiger partial charge in [0.2, 0.25) is 11.8 Å². The second-order valence-corrected chi connectivity index (χ2v) is 7.30. The number of hydrogen-bond donors (Lipinski definition) is 0. The molecule has 27 heavy (non-hydrogen) atoms. The molecule has 1 saturated heterocycles. The van der Waals surface area contributed by atoms with Crippen molar-refractivity contribution in [1.29, 1.82) is 0 Å². The van der Waals surface area contributed by atoms with Gasteiger partial charge in [-0.25, -0.2) is 9.78 Å². The number of nitrogens with zero attached hydrogens (tertiary/aromatic N) is 4. The summed E-state index contributed by atoms with van der Waals surface area (Å²) >= 11 is 12.1. The topological polar surface area (TPSA) is 87.0 Å². The van der Waals surface area contributed by atoms with E-state index in [9.17, 15) is 14.4 Å². The Labute approximate surface area is 164 Å². The van der Waals surface area contributed by atoms with Gasteiger partial charge in [0.05, 0.1) is 10.6 Å². The van der Waals surface area contributed by atoms with Crippen molar-refractivity contribution < 1.29 is 18.8 Å². The highest BCUT2D eigenvalue weighted by molar-refractivity contribution is 6.36. The van der Waals surface area contributed by atoms with Gasteiger partial charge in [0.25, 0.3) is 5.91 Å². The second-order valence-electron chi connectivity index (χ2n) is 6.45. The van der Waals surface area contributed by atoms with E-state index in [4.69, 9.17) is 27.6 Å². The van der Waals surface area contributed by atoms with Crippen LogP contribution in [0.2, 0.25) is 10.0 Å². The van der Waals surface area contributed by atoms with Gasteiger partial charge in [-0.1, -0.05) is 23.2 Å². The van der Waals surface area contributed by atoms with Crippen LogP contribution in [0, 0.1) is 0 Å². The molecule has 0 N–H and O–H groups in total. The summed E-state index contributed by atoms with van der Waals surface area (Å²) in [7, 11) is 4.45. The summed E-state index contributed by atoms with van der Waals surface area (Å²) in [6.07, 6.45) is -0.789. The number of amides is 4. The van der Waals surface area contributed by atoms with E-state index in [2.05, 4.69) is 4.98 Å². The molecule has 2 aliphatic heterocycles. The monoisotopic (exact) mass is 408 g/mol. The molecular formula is C17H14Cl2N4O4. The van der Waals surface area contributed by atoms with Crippen molar-refractivity contribution in [3.63, 3.8) is 0 Å². The third-order valence-corrected chi connectivity index (χ3v) is 5.45. The summed E-state index contributed by atoms with van der Waals surface area (Å²) in [5.41, 5.74) is 0.479. The average Bonchev–Trinajstić information content (AvgIpc) is 3.06. The molecule has 8 nitrogen and oxygen atoms in total. The van der Waals surface area contributed by atoms with Crippen LogP contribution in [0.4, 0.5) is 4.79 Å². The lowest BCUT2D eigenvalue weighted by Crippen LogP contribution is -2.65. The average molecular weight is 409 g/mol. The molecule has 1 aromatic heterocycles. The van der Waals surface area contributed by atoms with E-state index >= 15 is 0 Å². The van der Waals surface area contributed by atoms with Crippen molar-refractivity contribution in [3.05, 3.63) is 39.7 Å². The van der Waals surface area contributed by atoms with Gasteiger partial charge in [-0.05, 0) is 18.2 Å². The number of hydrogen-bond acceptors (Lipinski definition) is 5. The van der Waals surface area contributed by atoms with E-state index in [0.29, 0.717) is 15.6 Å². The number of oxazole rings is 1. The number of imide groups is 1. The minimum atomic E-state index is -0.872. The summed E-state index contributed by atoms with van der Waals surface area (Å²) in [4.78, 5) is 45.8. The van der Waals surface area contributed by atoms with Gasteiger partial charge in [-0.2, -0.15) is 0 Å². The van der Waals surface area contributed by atoms with Crippen LogP contribution in [0.15, 0.2) is 22.6 Å². The Hall–Kier alpha value is -2.58. The standard InChI is InChI=1S/C17H14Cl2N4O4/c1-21-14-10(15(24)23(3)17(26)22(14)2)12-11(16(21)25)20-13(27-12)8-5-4-7(18)6-9(8)19/h4-6,10,14H,1-3H3. The fourth-order valence-corrected chi connectivity index (χ4v) is 3.99. The van der Waals surface area contributed by atoms with Crippen LogP contribution in [0.5, 0.6) is 0 Å². The number of likely N-dealkylation sites (N-methyl/N-ethyl adjacent to an activating group) is 3. The molecule has 2 aliphatic rings. The molecule has 0 radical (unpaired) electrons. The number of fused-ring (bicyclic) bond motifs is 3. The number of benzene rings is 1. The van der Waals surface area contributed by atoms with Crippen LogP contribution in [0.1, 0.15) is 22.2 Å². The number of carbonyl (C=O) groups excluding carboxylic acids is 3. The number of carbonyl (C=O) groups is 3. The van der Waals surface area contributed by atoms with Crippen molar-refractivity contribution in [1.82, 2.24) is 19.7 Å². The molecule has 140 valence electrons. The summed E-state index contributed by atoms with van der Waals surface area (Å²) < 4.78 is 5.83. The van der Waals surface area contributed by atoms with Gasteiger partial charge in [-0.15, -0.1) is 0 Å². The Bertz CT molecular complexity index is 1000. The SMILES string of the molecule is CN1C(=O)C2c3oc(-c4ccc(Cl)cc4Cl)nc3C(=O)N(C)C2N(C)C1=O. The minimum absolute atomic E-state index is 0.0317. The third kappa shape index (κ3) is 2.44. The first kappa shape index (κ1) is 17.8. The summed E-state index contributed by atoms with van der Waals surface area (Å²) in [6.45, 7) is 0. The highest BCUT2D eigenvalue weighted by Gasteiger charge is 2.54. The number of aromatic nitrogens is 1. The first-order valence-electron chi connectivity index (χ1n) is 8.00. The molecule has 0 saturated carbocycles. The van der Waals surface area contributed by atoms with Gasteiger partial charge >= 0.3 is 6.03 Å². The predicted octanol–water partition coefficient (Wildman–Crippen LogP) is 2.67. The van der Waals surface area contributed by atoms with Crippen molar-refractivity contribution >= 4 is 41.0 Å². The predicted molar refractivity (Wildman–Crippen MR) is 96.5 cm³/mol. The zero-order chi connectivity index (χ0) is 19.6. The maximum atomic E-state index is 12.8. The Balaban J connectivity index is 1.89. The van der Waals surface area contributed by atoms with Crippen LogP contribution in [0.3, 0.4) is 0 Å². The van der Waals surface area contributed by atoms with Gasteiger partial charge in [0.1, 0.15) is 12.1 Å². The molecule has 2 aromatic rings. The van der Waals surface area contributed by atoms with Gasteiger partial charge in [0.15, 0.2) is 11.5 Å². The van der Waals surface area contributed by atoms with E-state index in [1.807, 2.05) is 0 Å². The molecule has 3 heterocycles. The summed E-state index contributed by atoms with van der Waals surface area (Å²) in [6, 6.07) is 4.28. The molecular weight excluding hydrogens is 395 g/mol. The highest BCUT2D eigenvalue weighted by atomic mass is 35.5.